The van der Waals surface area contributed by atoms with Gasteiger partial charge in [-0.1, -0.05) is 12.1 Å². The lowest BCUT2D eigenvalue weighted by atomic mass is 10.2. The van der Waals surface area contributed by atoms with Gasteiger partial charge in [-0.15, -0.1) is 11.6 Å². The lowest BCUT2D eigenvalue weighted by Crippen LogP contribution is -1.91. The number of alkyl halides is 1. The fourth-order valence-electron chi connectivity index (χ4n) is 1.52. The van der Waals surface area contributed by atoms with E-state index in [-0.39, 0.29) is 11.6 Å². The zero-order valence-electron chi connectivity index (χ0n) is 9.71. The van der Waals surface area contributed by atoms with E-state index in [0.717, 1.165) is 15.6 Å². The molecule has 0 saturated heterocycles. The molecule has 4 heteroatoms. The highest BCUT2D eigenvalue weighted by atomic mass is 79.9. The number of hydrogen-bond donors (Lipinski definition) is 0. The third-order valence-electron chi connectivity index (χ3n) is 2.46. The fourth-order valence-corrected chi connectivity index (χ4v) is 2.26. The van der Waals surface area contributed by atoms with Gasteiger partial charge in [0.2, 0.25) is 0 Å². The van der Waals surface area contributed by atoms with Crippen LogP contribution in [0.3, 0.4) is 0 Å². The summed E-state index contributed by atoms with van der Waals surface area (Å²) in [5, 5.41) is 0. The van der Waals surface area contributed by atoms with E-state index in [0.29, 0.717) is 5.75 Å². The zero-order chi connectivity index (χ0) is 13.1. The smallest absolute Gasteiger partial charge is 0.166 e. The van der Waals surface area contributed by atoms with Gasteiger partial charge in [0.05, 0.1) is 4.47 Å². The summed E-state index contributed by atoms with van der Waals surface area (Å²) in [6.45, 7) is 1.98. The van der Waals surface area contributed by atoms with E-state index in [1.165, 1.54) is 6.07 Å². The Labute approximate surface area is 119 Å². The van der Waals surface area contributed by atoms with E-state index < -0.39 is 5.82 Å². The second-order valence-corrected chi connectivity index (χ2v) is 5.06. The zero-order valence-corrected chi connectivity index (χ0v) is 12.1. The van der Waals surface area contributed by atoms with E-state index in [1.54, 1.807) is 18.2 Å². The number of rotatable bonds is 3. The normalized spacial score (nSPS) is 10.4. The number of aryl methyl sites for hydroxylation is 1. The van der Waals surface area contributed by atoms with Crippen molar-refractivity contribution in [1.29, 1.82) is 0 Å². The van der Waals surface area contributed by atoms with Crippen molar-refractivity contribution in [2.45, 2.75) is 12.8 Å². The van der Waals surface area contributed by atoms with Crippen LogP contribution < -0.4 is 4.74 Å². The predicted octanol–water partition coefficient (Wildman–Crippen LogP) is 5.43. The maximum Gasteiger partial charge on any atom is 0.166 e. The Morgan fingerprint density at radius 2 is 1.89 bits per heavy atom. The average molecular weight is 330 g/mol. The molecule has 2 aromatic rings. The van der Waals surface area contributed by atoms with E-state index in [2.05, 4.69) is 15.9 Å². The van der Waals surface area contributed by atoms with Crippen molar-refractivity contribution in [3.05, 3.63) is 57.8 Å². The summed E-state index contributed by atoms with van der Waals surface area (Å²) in [6, 6.07) is 10.3. The second-order valence-electron chi connectivity index (χ2n) is 3.93. The molecule has 0 spiro atoms. The molecule has 1 nitrogen and oxygen atoms in total. The first-order valence-corrected chi connectivity index (χ1v) is 6.71. The Kier molecular flexibility index (Phi) is 4.25. The van der Waals surface area contributed by atoms with Gasteiger partial charge in [0.15, 0.2) is 11.6 Å². The van der Waals surface area contributed by atoms with Gasteiger partial charge in [-0.3, -0.25) is 0 Å². The number of hydrogen-bond acceptors (Lipinski definition) is 1. The van der Waals surface area contributed by atoms with E-state index >= 15 is 0 Å². The third kappa shape index (κ3) is 3.03. The predicted molar refractivity (Wildman–Crippen MR) is 74.9 cm³/mol. The van der Waals surface area contributed by atoms with Crippen LogP contribution in [0.25, 0.3) is 0 Å². The van der Waals surface area contributed by atoms with Crippen LogP contribution in [0.15, 0.2) is 40.9 Å². The maximum atomic E-state index is 13.7. The van der Waals surface area contributed by atoms with Gasteiger partial charge in [0, 0.05) is 5.88 Å². The van der Waals surface area contributed by atoms with Crippen molar-refractivity contribution < 1.29 is 9.13 Å². The molecular formula is C14H11BrClFO. The van der Waals surface area contributed by atoms with Crippen molar-refractivity contribution >= 4 is 27.5 Å². The lowest BCUT2D eigenvalue weighted by Gasteiger charge is -2.09. The summed E-state index contributed by atoms with van der Waals surface area (Å²) in [5.41, 5.74) is 1.83. The standard InChI is InChI=1S/C14H11BrClFO/c1-9-2-4-13(11(15)6-9)18-14-5-3-10(8-16)7-12(14)17/h2-7H,8H2,1H3. The SMILES string of the molecule is Cc1ccc(Oc2ccc(CCl)cc2F)c(Br)c1. The van der Waals surface area contributed by atoms with Gasteiger partial charge in [0.25, 0.3) is 0 Å². The minimum Gasteiger partial charge on any atom is -0.453 e. The Morgan fingerprint density at radius 3 is 2.50 bits per heavy atom. The Morgan fingerprint density at radius 1 is 1.17 bits per heavy atom. The van der Waals surface area contributed by atoms with Crippen LogP contribution in [0.4, 0.5) is 4.39 Å². The quantitative estimate of drug-likeness (QED) is 0.682. The van der Waals surface area contributed by atoms with Crippen molar-refractivity contribution in [2.24, 2.45) is 0 Å². The van der Waals surface area contributed by atoms with Crippen LogP contribution in [0.1, 0.15) is 11.1 Å². The summed E-state index contributed by atoms with van der Waals surface area (Å²) in [5.74, 6) is 0.637. The summed E-state index contributed by atoms with van der Waals surface area (Å²) in [7, 11) is 0. The average Bonchev–Trinajstić information content (AvgIpc) is 2.34. The van der Waals surface area contributed by atoms with Gasteiger partial charge < -0.3 is 4.74 Å². The molecule has 0 aliphatic carbocycles. The molecule has 0 saturated carbocycles. The minimum absolute atomic E-state index is 0.188. The van der Waals surface area contributed by atoms with E-state index in [9.17, 15) is 4.39 Å². The van der Waals surface area contributed by atoms with Crippen LogP contribution >= 0.6 is 27.5 Å². The van der Waals surface area contributed by atoms with Crippen LogP contribution in [-0.2, 0) is 5.88 Å². The van der Waals surface area contributed by atoms with Crippen LogP contribution in [-0.4, -0.2) is 0 Å². The fraction of sp³-hybridized carbons (Fsp3) is 0.143. The van der Waals surface area contributed by atoms with Gasteiger partial charge in [-0.05, 0) is 58.2 Å². The van der Waals surface area contributed by atoms with Crippen molar-refractivity contribution in [2.75, 3.05) is 0 Å². The maximum absolute atomic E-state index is 13.7. The molecule has 0 N–H and O–H groups in total. The molecule has 94 valence electrons. The first-order chi connectivity index (χ1) is 8.60. The summed E-state index contributed by atoms with van der Waals surface area (Å²) >= 11 is 9.03. The molecular weight excluding hydrogens is 319 g/mol. The number of ether oxygens (including phenoxy) is 1. The second kappa shape index (κ2) is 5.72. The lowest BCUT2D eigenvalue weighted by molar-refractivity contribution is 0.439. The van der Waals surface area contributed by atoms with Crippen molar-refractivity contribution in [3.8, 4) is 11.5 Å². The molecule has 0 heterocycles. The highest BCUT2D eigenvalue weighted by Crippen LogP contribution is 2.32. The first kappa shape index (κ1) is 13.4. The van der Waals surface area contributed by atoms with E-state index in [1.807, 2.05) is 19.1 Å². The molecule has 2 aromatic carbocycles. The summed E-state index contributed by atoms with van der Waals surface area (Å²) < 4.78 is 20.1. The van der Waals surface area contributed by atoms with Gasteiger partial charge >= 0.3 is 0 Å². The van der Waals surface area contributed by atoms with Crippen molar-refractivity contribution in [3.63, 3.8) is 0 Å². The molecule has 0 unspecified atom stereocenters. The monoisotopic (exact) mass is 328 g/mol. The van der Waals surface area contributed by atoms with Gasteiger partial charge in [-0.25, -0.2) is 4.39 Å². The van der Waals surface area contributed by atoms with Gasteiger partial charge in [-0.2, -0.15) is 0 Å². The summed E-state index contributed by atoms with van der Waals surface area (Å²) in [4.78, 5) is 0. The van der Waals surface area contributed by atoms with E-state index in [4.69, 9.17) is 16.3 Å². The molecule has 0 aliphatic rings. The molecule has 2 rings (SSSR count). The highest BCUT2D eigenvalue weighted by Gasteiger charge is 2.08. The van der Waals surface area contributed by atoms with Crippen LogP contribution in [0, 0.1) is 12.7 Å². The molecule has 0 radical (unpaired) electrons. The molecule has 0 aliphatic heterocycles. The molecule has 0 bridgehead atoms. The highest BCUT2D eigenvalue weighted by molar-refractivity contribution is 9.10. The third-order valence-corrected chi connectivity index (χ3v) is 3.39. The number of benzene rings is 2. The molecule has 0 atom stereocenters. The first-order valence-electron chi connectivity index (χ1n) is 5.38. The van der Waals surface area contributed by atoms with Crippen LogP contribution in [0.5, 0.6) is 11.5 Å². The molecule has 0 fully saturated rings. The molecule has 0 amide bonds. The Balaban J connectivity index is 2.28. The van der Waals surface area contributed by atoms with Crippen molar-refractivity contribution in [1.82, 2.24) is 0 Å². The minimum atomic E-state index is -0.416. The topological polar surface area (TPSA) is 9.23 Å². The Hall–Kier alpha value is -1.06. The largest absolute Gasteiger partial charge is 0.453 e. The van der Waals surface area contributed by atoms with Gasteiger partial charge in [0.1, 0.15) is 5.75 Å². The Bertz CT molecular complexity index is 572. The summed E-state index contributed by atoms with van der Waals surface area (Å²) in [6.07, 6.45) is 0. The van der Waals surface area contributed by atoms with Crippen LogP contribution in [0.2, 0.25) is 0 Å². The molecule has 0 aromatic heterocycles. The number of halogens is 3. The molecule has 18 heavy (non-hydrogen) atoms.